The van der Waals surface area contributed by atoms with Gasteiger partial charge >= 0.3 is 0 Å². The molecule has 5 heterocycles. The smallest absolute Gasteiger partial charge is 0.248 e. The molecule has 0 bridgehead atoms. The van der Waals surface area contributed by atoms with E-state index in [-0.39, 0.29) is 11.2 Å². The molecule has 0 saturated carbocycles. The Kier molecular flexibility index (Phi) is 6.72. The summed E-state index contributed by atoms with van der Waals surface area (Å²) in [5.74, 6) is 2.07. The Hall–Kier alpha value is -3.02. The highest BCUT2D eigenvalue weighted by molar-refractivity contribution is 7.17. The number of hydrogen-bond donors (Lipinski definition) is 2. The van der Waals surface area contributed by atoms with Gasteiger partial charge in [-0.3, -0.25) is 0 Å². The topological polar surface area (TPSA) is 114 Å². The van der Waals surface area contributed by atoms with E-state index in [9.17, 15) is 0 Å². The molecule has 35 heavy (non-hydrogen) atoms. The lowest BCUT2D eigenvalue weighted by molar-refractivity contribution is 0.283. The van der Waals surface area contributed by atoms with Gasteiger partial charge in [-0.2, -0.15) is 14.6 Å². The van der Waals surface area contributed by atoms with E-state index in [1.165, 1.54) is 28.9 Å². The Morgan fingerprint density at radius 1 is 1.23 bits per heavy atom. The van der Waals surface area contributed by atoms with Crippen molar-refractivity contribution in [2.45, 2.75) is 39.7 Å². The summed E-state index contributed by atoms with van der Waals surface area (Å²) in [5.41, 5.74) is 8.78. The van der Waals surface area contributed by atoms with Crippen LogP contribution in [0.25, 0.3) is 16.0 Å². The molecule has 1 aliphatic rings. The predicted octanol–water partition coefficient (Wildman–Crippen LogP) is 4.27. The van der Waals surface area contributed by atoms with Gasteiger partial charge in [0.15, 0.2) is 5.82 Å². The van der Waals surface area contributed by atoms with Gasteiger partial charge in [0, 0.05) is 19.1 Å². The Morgan fingerprint density at radius 3 is 2.80 bits per heavy atom. The summed E-state index contributed by atoms with van der Waals surface area (Å²) < 4.78 is 2.34. The predicted molar refractivity (Wildman–Crippen MR) is 142 cm³/mol. The molecule has 3 N–H and O–H groups in total. The first-order chi connectivity index (χ1) is 17.0. The van der Waals surface area contributed by atoms with Crippen molar-refractivity contribution in [3.8, 4) is 5.82 Å². The van der Waals surface area contributed by atoms with Crippen LogP contribution in [0.5, 0.6) is 0 Å². The molecule has 1 atom stereocenters. The third kappa shape index (κ3) is 4.75. The molecule has 0 spiro atoms. The number of nitrogen functional groups attached to an aromatic ring is 1. The molecule has 0 radical (unpaired) electrons. The number of rotatable bonds is 8. The molecule has 0 amide bonds. The molecular formula is C23H29ClN10S. The number of hydrogen-bond acceptors (Lipinski definition) is 10. The zero-order valence-corrected chi connectivity index (χ0v) is 21.6. The quantitative estimate of drug-likeness (QED) is 0.334. The maximum absolute atomic E-state index is 6.18. The Labute approximate surface area is 213 Å². The van der Waals surface area contributed by atoms with Gasteiger partial charge in [0.25, 0.3) is 0 Å². The third-order valence-electron chi connectivity index (χ3n) is 6.42. The van der Waals surface area contributed by atoms with Crippen LogP contribution in [-0.4, -0.2) is 66.8 Å². The van der Waals surface area contributed by atoms with Gasteiger partial charge in [0.2, 0.25) is 17.2 Å². The standard InChI is InChI=1S/C23H29ClN10S/c1-4-32(5-2)12-16-7-6-10-33(16)17-9-8-15(11-26-17)27-23-30-22(25)34(31-23)20-19-18(14(3)13-35-19)28-21(24)29-20/h8-9,11,13,16H,4-7,10,12H2,1-3H3,(H3,25,27,30,31). The summed E-state index contributed by atoms with van der Waals surface area (Å²) in [5, 5.41) is 9.86. The Bertz CT molecular complexity index is 1310. The van der Waals surface area contributed by atoms with Crippen LogP contribution in [0.2, 0.25) is 5.28 Å². The summed E-state index contributed by atoms with van der Waals surface area (Å²) in [6.07, 6.45) is 4.20. The third-order valence-corrected chi connectivity index (χ3v) is 7.67. The number of thiophene rings is 1. The number of nitrogens with zero attached hydrogens (tertiary/aromatic N) is 8. The minimum Gasteiger partial charge on any atom is -0.368 e. The van der Waals surface area contributed by atoms with Crippen molar-refractivity contribution >= 4 is 56.6 Å². The van der Waals surface area contributed by atoms with E-state index in [1.807, 2.05) is 24.4 Å². The van der Waals surface area contributed by atoms with Crippen LogP contribution >= 0.6 is 22.9 Å². The highest BCUT2D eigenvalue weighted by Crippen LogP contribution is 2.31. The fourth-order valence-electron chi connectivity index (χ4n) is 4.53. The molecule has 184 valence electrons. The van der Waals surface area contributed by atoms with Crippen LogP contribution in [-0.2, 0) is 0 Å². The first-order valence-corrected chi connectivity index (χ1v) is 13.1. The monoisotopic (exact) mass is 512 g/mol. The van der Waals surface area contributed by atoms with Gasteiger partial charge in [-0.25, -0.2) is 9.97 Å². The molecule has 5 rings (SSSR count). The highest BCUT2D eigenvalue weighted by atomic mass is 35.5. The van der Waals surface area contributed by atoms with Crippen molar-refractivity contribution in [1.82, 2.24) is 34.6 Å². The maximum atomic E-state index is 6.18. The average molecular weight is 513 g/mol. The molecule has 0 aromatic carbocycles. The molecule has 12 heteroatoms. The van der Waals surface area contributed by atoms with Gasteiger partial charge in [-0.05, 0) is 67.5 Å². The van der Waals surface area contributed by atoms with Crippen LogP contribution in [0.1, 0.15) is 32.3 Å². The number of halogens is 1. The second-order valence-electron chi connectivity index (χ2n) is 8.62. The second-order valence-corrected chi connectivity index (χ2v) is 9.84. The van der Waals surface area contributed by atoms with E-state index in [0.717, 1.165) is 53.5 Å². The fraction of sp³-hybridized carbons (Fsp3) is 0.435. The Morgan fingerprint density at radius 2 is 2.06 bits per heavy atom. The van der Waals surface area contributed by atoms with Gasteiger partial charge in [-0.15, -0.1) is 16.4 Å². The van der Waals surface area contributed by atoms with E-state index in [2.05, 4.69) is 49.0 Å². The van der Waals surface area contributed by atoms with E-state index < -0.39 is 0 Å². The number of nitrogens with two attached hydrogens (primary N) is 1. The van der Waals surface area contributed by atoms with Crippen molar-refractivity contribution in [3.05, 3.63) is 34.6 Å². The van der Waals surface area contributed by atoms with Crippen molar-refractivity contribution < 1.29 is 0 Å². The van der Waals surface area contributed by atoms with E-state index >= 15 is 0 Å². The van der Waals surface area contributed by atoms with Gasteiger partial charge in [0.1, 0.15) is 5.82 Å². The zero-order chi connectivity index (χ0) is 24.5. The van der Waals surface area contributed by atoms with Crippen molar-refractivity contribution in [2.75, 3.05) is 42.1 Å². The minimum absolute atomic E-state index is 0.138. The minimum atomic E-state index is 0.138. The lowest BCUT2D eigenvalue weighted by Gasteiger charge is -2.30. The summed E-state index contributed by atoms with van der Waals surface area (Å²) >= 11 is 7.68. The molecule has 1 fully saturated rings. The van der Waals surface area contributed by atoms with E-state index in [4.69, 9.17) is 22.3 Å². The number of aromatic nitrogens is 6. The molecule has 1 saturated heterocycles. The van der Waals surface area contributed by atoms with Gasteiger partial charge < -0.3 is 20.9 Å². The molecule has 0 aliphatic carbocycles. The van der Waals surface area contributed by atoms with Crippen molar-refractivity contribution in [1.29, 1.82) is 0 Å². The summed E-state index contributed by atoms with van der Waals surface area (Å²) in [6, 6.07) is 4.54. The van der Waals surface area contributed by atoms with Crippen LogP contribution in [0.3, 0.4) is 0 Å². The molecule has 1 aliphatic heterocycles. The summed E-state index contributed by atoms with van der Waals surface area (Å²) in [7, 11) is 0. The summed E-state index contributed by atoms with van der Waals surface area (Å²) in [4.78, 5) is 22.7. The maximum Gasteiger partial charge on any atom is 0.248 e. The normalized spacial score (nSPS) is 16.0. The van der Waals surface area contributed by atoms with Crippen molar-refractivity contribution in [3.63, 3.8) is 0 Å². The van der Waals surface area contributed by atoms with Gasteiger partial charge in [-0.1, -0.05) is 13.8 Å². The van der Waals surface area contributed by atoms with Crippen LogP contribution in [0.15, 0.2) is 23.7 Å². The Balaban J connectivity index is 1.34. The molecule has 4 aromatic rings. The fourth-order valence-corrected chi connectivity index (χ4v) is 5.66. The van der Waals surface area contributed by atoms with E-state index in [0.29, 0.717) is 17.8 Å². The highest BCUT2D eigenvalue weighted by Gasteiger charge is 2.27. The first-order valence-electron chi connectivity index (χ1n) is 11.8. The average Bonchev–Trinajstić information content (AvgIpc) is 3.57. The number of pyridine rings is 1. The molecule has 4 aromatic heterocycles. The van der Waals surface area contributed by atoms with Crippen LogP contribution in [0, 0.1) is 6.92 Å². The summed E-state index contributed by atoms with van der Waals surface area (Å²) in [6.45, 7) is 10.7. The van der Waals surface area contributed by atoms with Crippen LogP contribution < -0.4 is 16.0 Å². The molecule has 10 nitrogen and oxygen atoms in total. The second kappa shape index (κ2) is 9.92. The number of nitrogens with one attached hydrogen (secondary N) is 1. The first kappa shape index (κ1) is 23.7. The number of anilines is 4. The van der Waals surface area contributed by atoms with E-state index in [1.54, 1.807) is 6.20 Å². The number of aryl methyl sites for hydroxylation is 1. The lowest BCUT2D eigenvalue weighted by Crippen LogP contribution is -2.40. The van der Waals surface area contributed by atoms with Gasteiger partial charge in [0.05, 0.1) is 22.1 Å². The van der Waals surface area contributed by atoms with Crippen molar-refractivity contribution in [2.24, 2.45) is 0 Å². The lowest BCUT2D eigenvalue weighted by atomic mass is 10.2. The molecular weight excluding hydrogens is 484 g/mol. The molecule has 1 unspecified atom stereocenters. The number of fused-ring (bicyclic) bond motifs is 1. The van der Waals surface area contributed by atoms with Crippen LogP contribution in [0.4, 0.5) is 23.4 Å². The number of likely N-dealkylation sites (N-methyl/N-ethyl adjacent to an activating group) is 1. The largest absolute Gasteiger partial charge is 0.368 e. The zero-order valence-electron chi connectivity index (χ0n) is 20.1. The SMILES string of the molecule is CCN(CC)CC1CCCN1c1ccc(Nc2nc(N)n(-c3nc(Cl)nc4c(C)csc34)n2)cn1.